The molecule has 0 aliphatic carbocycles. The molecule has 0 fully saturated rings. The van der Waals surface area contributed by atoms with E-state index < -0.39 is 6.10 Å². The number of hydrogen-bond donors (Lipinski definition) is 1. The summed E-state index contributed by atoms with van der Waals surface area (Å²) in [7, 11) is 6.25. The molecule has 21 heavy (non-hydrogen) atoms. The first-order chi connectivity index (χ1) is 10.1. The van der Waals surface area contributed by atoms with E-state index in [1.165, 1.54) is 26.1 Å². The van der Waals surface area contributed by atoms with Crippen molar-refractivity contribution in [1.82, 2.24) is 20.2 Å². The van der Waals surface area contributed by atoms with Gasteiger partial charge in [0.05, 0.1) is 34.5 Å². The Balaban J connectivity index is 2.30. The van der Waals surface area contributed by atoms with Crippen molar-refractivity contribution >= 4 is 0 Å². The molecule has 0 aliphatic rings. The summed E-state index contributed by atoms with van der Waals surface area (Å²) in [6.45, 7) is 0. The van der Waals surface area contributed by atoms with Gasteiger partial charge in [-0.2, -0.15) is 4.80 Å². The molecule has 114 valence electrons. The van der Waals surface area contributed by atoms with Crippen molar-refractivity contribution in [3.05, 3.63) is 23.5 Å². The molecule has 0 amide bonds. The van der Waals surface area contributed by atoms with Gasteiger partial charge in [-0.15, -0.1) is 10.2 Å². The number of rotatable bonds is 6. The summed E-state index contributed by atoms with van der Waals surface area (Å²) < 4.78 is 15.8. The van der Waals surface area contributed by atoms with Crippen LogP contribution in [-0.4, -0.2) is 46.6 Å². The monoisotopic (exact) mass is 294 g/mol. The smallest absolute Gasteiger partial charge is 0.203 e. The summed E-state index contributed by atoms with van der Waals surface area (Å²) in [6.07, 6.45) is -0.560. The van der Waals surface area contributed by atoms with Gasteiger partial charge in [0.2, 0.25) is 5.75 Å². The summed E-state index contributed by atoms with van der Waals surface area (Å²) in [5, 5.41) is 21.9. The first-order valence-corrected chi connectivity index (χ1v) is 6.29. The molecule has 1 atom stereocenters. The number of hydrogen-bond acceptors (Lipinski definition) is 7. The number of aliphatic hydroxyl groups is 1. The Bertz CT molecular complexity index is 589. The van der Waals surface area contributed by atoms with Crippen LogP contribution in [0.1, 0.15) is 17.5 Å². The van der Waals surface area contributed by atoms with Gasteiger partial charge in [0, 0.05) is 6.42 Å². The van der Waals surface area contributed by atoms with Crippen molar-refractivity contribution in [2.75, 3.05) is 21.3 Å². The third kappa shape index (κ3) is 3.22. The van der Waals surface area contributed by atoms with E-state index in [4.69, 9.17) is 14.2 Å². The highest BCUT2D eigenvalue weighted by atomic mass is 16.5. The first-order valence-electron chi connectivity index (χ1n) is 6.29. The SMILES string of the molecule is COc1cc(C(O)Cc2nnn(C)n2)cc(OC)c1OC. The van der Waals surface area contributed by atoms with Crippen molar-refractivity contribution in [3.8, 4) is 17.2 Å². The maximum atomic E-state index is 10.3. The standard InChI is InChI=1S/C13H18N4O4/c1-17-15-12(14-16-17)7-9(18)8-5-10(19-2)13(21-4)11(6-8)20-3/h5-6,9,18H,7H2,1-4H3. The summed E-state index contributed by atoms with van der Waals surface area (Å²) >= 11 is 0. The molecular formula is C13H18N4O4. The summed E-state index contributed by atoms with van der Waals surface area (Å²) in [5.74, 6) is 1.91. The van der Waals surface area contributed by atoms with E-state index in [0.717, 1.165) is 0 Å². The lowest BCUT2D eigenvalue weighted by molar-refractivity contribution is 0.174. The number of nitrogens with zero attached hydrogens (tertiary/aromatic N) is 4. The lowest BCUT2D eigenvalue weighted by atomic mass is 10.0. The van der Waals surface area contributed by atoms with Gasteiger partial charge in [0.1, 0.15) is 0 Å². The molecule has 0 aliphatic heterocycles. The number of aryl methyl sites for hydroxylation is 1. The van der Waals surface area contributed by atoms with E-state index in [1.54, 1.807) is 19.2 Å². The highest BCUT2D eigenvalue weighted by Gasteiger charge is 2.19. The number of benzene rings is 1. The quantitative estimate of drug-likeness (QED) is 0.830. The predicted molar refractivity (Wildman–Crippen MR) is 73.6 cm³/mol. The minimum atomic E-state index is -0.803. The number of aliphatic hydroxyl groups excluding tert-OH is 1. The van der Waals surface area contributed by atoms with Gasteiger partial charge < -0.3 is 19.3 Å². The van der Waals surface area contributed by atoms with Crippen LogP contribution in [0.15, 0.2) is 12.1 Å². The molecule has 0 radical (unpaired) electrons. The Labute approximate surface area is 122 Å². The summed E-state index contributed by atoms with van der Waals surface area (Å²) in [4.78, 5) is 1.34. The predicted octanol–water partition coefficient (Wildman–Crippen LogP) is 0.512. The van der Waals surface area contributed by atoms with Crippen molar-refractivity contribution in [2.45, 2.75) is 12.5 Å². The average Bonchev–Trinajstić information content (AvgIpc) is 2.90. The van der Waals surface area contributed by atoms with E-state index in [9.17, 15) is 5.11 Å². The molecule has 1 aromatic carbocycles. The first kappa shape index (κ1) is 15.0. The zero-order valence-electron chi connectivity index (χ0n) is 12.4. The minimum absolute atomic E-state index is 0.243. The van der Waals surface area contributed by atoms with E-state index in [2.05, 4.69) is 15.4 Å². The van der Waals surface area contributed by atoms with Crippen LogP contribution >= 0.6 is 0 Å². The topological polar surface area (TPSA) is 91.5 Å². The maximum absolute atomic E-state index is 10.3. The second-order valence-corrected chi connectivity index (χ2v) is 4.37. The highest BCUT2D eigenvalue weighted by molar-refractivity contribution is 5.54. The third-order valence-corrected chi connectivity index (χ3v) is 3.00. The van der Waals surface area contributed by atoms with Gasteiger partial charge in [-0.1, -0.05) is 0 Å². The second-order valence-electron chi connectivity index (χ2n) is 4.37. The van der Waals surface area contributed by atoms with Crippen molar-refractivity contribution in [1.29, 1.82) is 0 Å². The molecule has 1 heterocycles. The molecule has 8 heteroatoms. The Kier molecular flexibility index (Phi) is 4.59. The molecule has 2 aromatic rings. The largest absolute Gasteiger partial charge is 0.493 e. The molecule has 0 spiro atoms. The number of aromatic nitrogens is 4. The lowest BCUT2D eigenvalue weighted by Crippen LogP contribution is -2.06. The van der Waals surface area contributed by atoms with Crippen LogP contribution in [-0.2, 0) is 13.5 Å². The van der Waals surface area contributed by atoms with Crippen molar-refractivity contribution in [3.63, 3.8) is 0 Å². The molecule has 0 saturated heterocycles. The van der Waals surface area contributed by atoms with Crippen LogP contribution in [0.25, 0.3) is 0 Å². The van der Waals surface area contributed by atoms with Gasteiger partial charge in [0.25, 0.3) is 0 Å². The Morgan fingerprint density at radius 3 is 2.19 bits per heavy atom. The molecule has 0 bridgehead atoms. The lowest BCUT2D eigenvalue weighted by Gasteiger charge is -2.16. The van der Waals surface area contributed by atoms with E-state index in [0.29, 0.717) is 28.6 Å². The molecular weight excluding hydrogens is 276 g/mol. The van der Waals surface area contributed by atoms with Crippen LogP contribution in [0.5, 0.6) is 17.2 Å². The highest BCUT2D eigenvalue weighted by Crippen LogP contribution is 2.39. The fourth-order valence-corrected chi connectivity index (χ4v) is 1.99. The normalized spacial score (nSPS) is 12.0. The van der Waals surface area contributed by atoms with Crippen molar-refractivity contribution in [2.24, 2.45) is 7.05 Å². The fourth-order valence-electron chi connectivity index (χ4n) is 1.99. The van der Waals surface area contributed by atoms with E-state index in [1.807, 2.05) is 0 Å². The molecule has 1 aromatic heterocycles. The van der Waals surface area contributed by atoms with Gasteiger partial charge in [-0.25, -0.2) is 0 Å². The zero-order valence-corrected chi connectivity index (χ0v) is 12.4. The van der Waals surface area contributed by atoms with Crippen molar-refractivity contribution < 1.29 is 19.3 Å². The Morgan fingerprint density at radius 2 is 1.76 bits per heavy atom. The molecule has 2 rings (SSSR count). The number of ether oxygens (including phenoxy) is 3. The average molecular weight is 294 g/mol. The van der Waals surface area contributed by atoms with Crippen LogP contribution in [0.2, 0.25) is 0 Å². The summed E-state index contributed by atoms with van der Waals surface area (Å²) in [5.41, 5.74) is 0.622. The van der Waals surface area contributed by atoms with Gasteiger partial charge in [-0.3, -0.25) is 0 Å². The maximum Gasteiger partial charge on any atom is 0.203 e. The Hall–Kier alpha value is -2.35. The van der Waals surface area contributed by atoms with E-state index in [-0.39, 0.29) is 6.42 Å². The second kappa shape index (κ2) is 6.40. The van der Waals surface area contributed by atoms with Crippen LogP contribution < -0.4 is 14.2 Å². The third-order valence-electron chi connectivity index (χ3n) is 3.00. The van der Waals surface area contributed by atoms with Gasteiger partial charge in [-0.05, 0) is 22.9 Å². The fraction of sp³-hybridized carbons (Fsp3) is 0.462. The van der Waals surface area contributed by atoms with Crippen LogP contribution in [0, 0.1) is 0 Å². The minimum Gasteiger partial charge on any atom is -0.493 e. The van der Waals surface area contributed by atoms with Gasteiger partial charge >= 0.3 is 0 Å². The van der Waals surface area contributed by atoms with E-state index >= 15 is 0 Å². The number of tetrazole rings is 1. The van der Waals surface area contributed by atoms with Gasteiger partial charge in [0.15, 0.2) is 17.3 Å². The van der Waals surface area contributed by atoms with Crippen LogP contribution in [0.3, 0.4) is 0 Å². The Morgan fingerprint density at radius 1 is 1.14 bits per heavy atom. The molecule has 1 N–H and O–H groups in total. The molecule has 0 saturated carbocycles. The zero-order chi connectivity index (χ0) is 15.4. The summed E-state index contributed by atoms with van der Waals surface area (Å²) in [6, 6.07) is 3.39. The van der Waals surface area contributed by atoms with Crippen LogP contribution in [0.4, 0.5) is 0 Å². The molecule has 1 unspecified atom stereocenters. The number of methoxy groups -OCH3 is 3. The molecule has 8 nitrogen and oxygen atoms in total.